The number of carbonyl (C=O) groups is 3. The lowest BCUT2D eigenvalue weighted by atomic mass is 9.98. The smallest absolute Gasteiger partial charge is 0.270 e. The Morgan fingerprint density at radius 2 is 1.33 bits per heavy atom. The van der Waals surface area contributed by atoms with Crippen LogP contribution in [-0.4, -0.2) is 43.1 Å². The summed E-state index contributed by atoms with van der Waals surface area (Å²) in [7, 11) is -2.28. The molecule has 0 aromatic heterocycles. The largest absolute Gasteiger partial charge is 0.410 e. The Morgan fingerprint density at radius 1 is 0.879 bits per heavy atom. The van der Waals surface area contributed by atoms with Crippen molar-refractivity contribution in [1.29, 1.82) is 0 Å². The third-order valence-electron chi connectivity index (χ3n) is 7.16. The second-order valence-electron chi connectivity index (χ2n) is 10.4. The van der Waals surface area contributed by atoms with E-state index >= 15 is 0 Å². The maximum absolute atomic E-state index is 13.1. The van der Waals surface area contributed by atoms with Crippen LogP contribution in [0, 0.1) is 5.92 Å². The zero-order chi connectivity index (χ0) is 24.8. The van der Waals surface area contributed by atoms with Crippen molar-refractivity contribution in [3.05, 3.63) is 46.8 Å². The van der Waals surface area contributed by atoms with E-state index in [4.69, 9.17) is 10.2 Å². The summed E-state index contributed by atoms with van der Waals surface area (Å²) in [5.74, 6) is -1.52. The van der Waals surface area contributed by atoms with E-state index in [2.05, 4.69) is 46.9 Å². The molecule has 3 rings (SSSR count). The third kappa shape index (κ3) is 3.93. The summed E-state index contributed by atoms with van der Waals surface area (Å²) in [5, 5.41) is 2.93. The molecular formula is C25H37N3O4Si. The summed E-state index contributed by atoms with van der Waals surface area (Å²) in [6, 6.07) is 5.95. The van der Waals surface area contributed by atoms with Crippen LogP contribution < -0.4 is 11.1 Å². The van der Waals surface area contributed by atoms with Gasteiger partial charge in [-0.3, -0.25) is 14.4 Å². The molecular weight excluding hydrogens is 434 g/mol. The zero-order valence-corrected chi connectivity index (χ0v) is 21.9. The molecule has 0 radical (unpaired) electrons. The Kier molecular flexibility index (Phi) is 6.91. The number of hydrogen-bond acceptors (Lipinski definition) is 5. The molecule has 2 atom stereocenters. The highest BCUT2D eigenvalue weighted by Crippen LogP contribution is 2.44. The number of amides is 3. The second kappa shape index (κ2) is 9.06. The van der Waals surface area contributed by atoms with Crippen LogP contribution in [-0.2, 0) is 9.22 Å². The molecule has 0 spiro atoms. The highest BCUT2D eigenvalue weighted by molar-refractivity contribution is 6.77. The summed E-state index contributed by atoms with van der Waals surface area (Å²) in [6.45, 7) is 17.3. The van der Waals surface area contributed by atoms with Crippen molar-refractivity contribution in [3.63, 3.8) is 0 Å². The molecule has 2 aliphatic heterocycles. The number of hydrogen-bond donors (Lipinski definition) is 2. The first-order valence-electron chi connectivity index (χ1n) is 11.8. The molecule has 0 unspecified atom stereocenters. The summed E-state index contributed by atoms with van der Waals surface area (Å²) in [4.78, 5) is 40.0. The molecule has 3 N–H and O–H groups in total. The number of nitrogens with one attached hydrogen (secondary N) is 1. The number of fused-ring (bicyclic) bond motifs is 1. The Hall–Kier alpha value is -2.45. The van der Waals surface area contributed by atoms with Crippen LogP contribution in [0.4, 0.5) is 0 Å². The van der Waals surface area contributed by atoms with E-state index in [0.717, 1.165) is 4.90 Å². The predicted octanol–water partition coefficient (Wildman–Crippen LogP) is 4.17. The highest BCUT2D eigenvalue weighted by Gasteiger charge is 2.51. The Labute approximate surface area is 197 Å². The quantitative estimate of drug-likeness (QED) is 0.438. The van der Waals surface area contributed by atoms with Crippen molar-refractivity contribution >= 4 is 26.0 Å². The average Bonchev–Trinajstić information content (AvgIpc) is 3.14. The highest BCUT2D eigenvalue weighted by atomic mass is 28.4. The molecule has 1 aromatic carbocycles. The van der Waals surface area contributed by atoms with Gasteiger partial charge in [0.1, 0.15) is 5.70 Å². The summed E-state index contributed by atoms with van der Waals surface area (Å²) in [5.41, 5.74) is 8.27. The van der Waals surface area contributed by atoms with Gasteiger partial charge in [0.15, 0.2) is 0 Å². The molecule has 7 nitrogen and oxygen atoms in total. The number of nitrogens with two attached hydrogens (primary N) is 1. The fraction of sp³-hybridized carbons (Fsp3) is 0.560. The van der Waals surface area contributed by atoms with Gasteiger partial charge in [-0.25, -0.2) is 4.90 Å². The van der Waals surface area contributed by atoms with Crippen molar-refractivity contribution in [2.24, 2.45) is 11.7 Å². The minimum atomic E-state index is -2.28. The monoisotopic (exact) mass is 471 g/mol. The minimum absolute atomic E-state index is 0.0542. The predicted molar refractivity (Wildman–Crippen MR) is 131 cm³/mol. The maximum Gasteiger partial charge on any atom is 0.270 e. The first-order chi connectivity index (χ1) is 15.4. The van der Waals surface area contributed by atoms with Gasteiger partial charge in [-0.15, -0.1) is 0 Å². The van der Waals surface area contributed by atoms with Crippen LogP contribution in [0.25, 0.3) is 0 Å². The molecule has 8 heteroatoms. The van der Waals surface area contributed by atoms with E-state index in [1.807, 2.05) is 13.8 Å². The van der Waals surface area contributed by atoms with Gasteiger partial charge in [0.2, 0.25) is 8.32 Å². The SMILES string of the molecule is CC(C)[C@H](O[Si](C(C)C)(C(C)C)C(C)C)[C@H]1NC(=O)C(N2C(=O)c3ccccc3C2=O)=C1N. The van der Waals surface area contributed by atoms with Crippen LogP contribution in [0.5, 0.6) is 0 Å². The van der Waals surface area contributed by atoms with Crippen molar-refractivity contribution in [2.75, 3.05) is 0 Å². The number of benzene rings is 1. The molecule has 33 heavy (non-hydrogen) atoms. The maximum atomic E-state index is 13.1. The second-order valence-corrected chi connectivity index (χ2v) is 15.8. The van der Waals surface area contributed by atoms with Gasteiger partial charge < -0.3 is 15.5 Å². The molecule has 0 bridgehead atoms. The van der Waals surface area contributed by atoms with Gasteiger partial charge in [-0.2, -0.15) is 0 Å². The third-order valence-corrected chi connectivity index (χ3v) is 13.3. The van der Waals surface area contributed by atoms with E-state index in [1.54, 1.807) is 24.3 Å². The lowest BCUT2D eigenvalue weighted by Gasteiger charge is -2.46. The standard InChI is InChI=1S/C25H37N3O4Si/c1-13(2)22(32-33(14(3)4,15(5)6)16(7)8)20-19(26)21(23(29)27-20)28-24(30)17-11-9-10-12-18(17)25(28)31/h9-16,20,22H,26H2,1-8H3,(H,27,29)/t20-,22-/m0/s1. The van der Waals surface area contributed by atoms with Gasteiger partial charge >= 0.3 is 0 Å². The van der Waals surface area contributed by atoms with Gasteiger partial charge in [0.25, 0.3) is 17.7 Å². The normalized spacial score (nSPS) is 20.1. The molecule has 0 saturated carbocycles. The summed E-state index contributed by atoms with van der Waals surface area (Å²) >= 11 is 0. The van der Waals surface area contributed by atoms with E-state index < -0.39 is 32.1 Å². The zero-order valence-electron chi connectivity index (χ0n) is 20.9. The molecule has 3 amide bonds. The Balaban J connectivity index is 2.03. The summed E-state index contributed by atoms with van der Waals surface area (Å²) < 4.78 is 7.03. The van der Waals surface area contributed by atoms with Crippen molar-refractivity contribution in [1.82, 2.24) is 10.2 Å². The van der Waals surface area contributed by atoms with Crippen molar-refractivity contribution < 1.29 is 18.8 Å². The number of rotatable bonds is 8. The van der Waals surface area contributed by atoms with E-state index in [9.17, 15) is 14.4 Å². The molecule has 0 aliphatic carbocycles. The van der Waals surface area contributed by atoms with Crippen LogP contribution in [0.3, 0.4) is 0 Å². The fourth-order valence-corrected chi connectivity index (χ4v) is 11.4. The lowest BCUT2D eigenvalue weighted by Crippen LogP contribution is -2.56. The van der Waals surface area contributed by atoms with Gasteiger partial charge in [-0.1, -0.05) is 67.5 Å². The van der Waals surface area contributed by atoms with Gasteiger partial charge in [0.05, 0.1) is 29.0 Å². The van der Waals surface area contributed by atoms with Crippen LogP contribution in [0.2, 0.25) is 16.6 Å². The number of imide groups is 1. The van der Waals surface area contributed by atoms with E-state index in [-0.39, 0.29) is 34.5 Å². The fourth-order valence-electron chi connectivity index (χ4n) is 5.68. The van der Waals surface area contributed by atoms with Crippen LogP contribution in [0.15, 0.2) is 35.7 Å². The molecule has 180 valence electrons. The van der Waals surface area contributed by atoms with Crippen molar-refractivity contribution in [2.45, 2.75) is 84.2 Å². The topological polar surface area (TPSA) is 102 Å². The molecule has 1 aromatic rings. The Morgan fingerprint density at radius 3 is 1.73 bits per heavy atom. The van der Waals surface area contributed by atoms with Gasteiger partial charge in [-0.05, 0) is 34.7 Å². The van der Waals surface area contributed by atoms with Gasteiger partial charge in [0, 0.05) is 0 Å². The van der Waals surface area contributed by atoms with Crippen LogP contribution >= 0.6 is 0 Å². The number of nitrogens with zero attached hydrogens (tertiary/aromatic N) is 1. The molecule has 0 saturated heterocycles. The lowest BCUT2D eigenvalue weighted by molar-refractivity contribution is -0.118. The van der Waals surface area contributed by atoms with Crippen LogP contribution in [0.1, 0.15) is 76.1 Å². The Bertz CT molecular complexity index is 942. The first-order valence-corrected chi connectivity index (χ1v) is 14.0. The van der Waals surface area contributed by atoms with E-state index in [0.29, 0.717) is 16.6 Å². The molecule has 2 aliphatic rings. The number of carbonyl (C=O) groups excluding carboxylic acids is 3. The minimum Gasteiger partial charge on any atom is -0.410 e. The summed E-state index contributed by atoms with van der Waals surface area (Å²) in [6.07, 6.45) is -0.375. The van der Waals surface area contributed by atoms with Crippen molar-refractivity contribution in [3.8, 4) is 0 Å². The van der Waals surface area contributed by atoms with E-state index in [1.165, 1.54) is 0 Å². The molecule has 0 fully saturated rings. The molecule has 2 heterocycles. The first kappa shape index (κ1) is 25.2. The average molecular weight is 472 g/mol.